The maximum absolute atomic E-state index is 13.0. The monoisotopic (exact) mass is 716 g/mol. The number of carbonyl (C=O) groups excluding carboxylic acids is 2. The third-order valence-corrected chi connectivity index (χ3v) is 15.5. The van der Waals surface area contributed by atoms with Crippen LogP contribution in [0.3, 0.4) is 0 Å². The van der Waals surface area contributed by atoms with Gasteiger partial charge in [0.15, 0.2) is 0 Å². The van der Waals surface area contributed by atoms with E-state index in [1.165, 1.54) is 103 Å². The third-order valence-electron chi connectivity index (χ3n) is 15.5. The van der Waals surface area contributed by atoms with Crippen molar-refractivity contribution in [3.05, 3.63) is 0 Å². The molecule has 0 aromatic carbocycles. The summed E-state index contributed by atoms with van der Waals surface area (Å²) in [7, 11) is 1.45. The fraction of sp³-hybridized carbons (Fsp3) is 0.956. The number of aliphatic hydroxyl groups excluding tert-OH is 2. The van der Waals surface area contributed by atoms with Crippen LogP contribution in [0, 0.1) is 46.3 Å². The molecule has 0 aromatic heterocycles. The minimum Gasteiger partial charge on any atom is -0.469 e. The molecular formula is C45H81NO5. The van der Waals surface area contributed by atoms with E-state index in [2.05, 4.69) is 33.0 Å². The van der Waals surface area contributed by atoms with Crippen molar-refractivity contribution in [2.45, 2.75) is 219 Å². The average Bonchev–Trinajstić information content (AvgIpc) is 3.47. The first kappa shape index (κ1) is 42.6. The molecule has 4 saturated carbocycles. The molecule has 0 radical (unpaired) electrons. The number of methoxy groups -OCH3 is 1. The van der Waals surface area contributed by atoms with E-state index >= 15 is 0 Å². The minimum atomic E-state index is -0.387. The highest BCUT2D eigenvalue weighted by atomic mass is 16.5. The second-order valence-electron chi connectivity index (χ2n) is 18.6. The Morgan fingerprint density at radius 1 is 0.745 bits per heavy atom. The highest BCUT2D eigenvalue weighted by Crippen LogP contribution is 2.68. The summed E-state index contributed by atoms with van der Waals surface area (Å²) in [5.41, 5.74) is -0.131. The molecule has 0 saturated heterocycles. The normalized spacial score (nSPS) is 35.0. The Morgan fingerprint density at radius 3 is 1.88 bits per heavy atom. The number of carbonyl (C=O) groups is 2. The van der Waals surface area contributed by atoms with Gasteiger partial charge in [-0.05, 0) is 104 Å². The van der Waals surface area contributed by atoms with Crippen molar-refractivity contribution in [2.24, 2.45) is 46.3 Å². The first-order chi connectivity index (χ1) is 24.6. The molecule has 0 heterocycles. The number of aliphatic hydroxyl groups is 2. The van der Waals surface area contributed by atoms with Crippen LogP contribution in [0.1, 0.15) is 201 Å². The fourth-order valence-electron chi connectivity index (χ4n) is 12.2. The summed E-state index contributed by atoms with van der Waals surface area (Å²) in [5.74, 6) is 1.96. The van der Waals surface area contributed by atoms with Gasteiger partial charge in [-0.3, -0.25) is 9.59 Å². The Hall–Kier alpha value is -1.14. The van der Waals surface area contributed by atoms with Crippen LogP contribution in [-0.4, -0.2) is 47.4 Å². The van der Waals surface area contributed by atoms with Gasteiger partial charge in [0.1, 0.15) is 0 Å². The fourth-order valence-corrected chi connectivity index (χ4v) is 12.2. The third kappa shape index (κ3) is 11.2. The highest BCUT2D eigenvalue weighted by Gasteiger charge is 2.65. The molecule has 4 fully saturated rings. The van der Waals surface area contributed by atoms with Gasteiger partial charge in [0, 0.05) is 18.9 Å². The van der Waals surface area contributed by atoms with E-state index < -0.39 is 0 Å². The van der Waals surface area contributed by atoms with Gasteiger partial charge in [-0.2, -0.15) is 0 Å². The van der Waals surface area contributed by atoms with Gasteiger partial charge in [-0.25, -0.2) is 0 Å². The number of fused-ring (bicyclic) bond motifs is 5. The number of unbranched alkanes of at least 4 members (excludes halogenated alkanes) is 16. The Balaban J connectivity index is 1.11. The van der Waals surface area contributed by atoms with Crippen molar-refractivity contribution in [3.63, 3.8) is 0 Å². The van der Waals surface area contributed by atoms with Crippen molar-refractivity contribution in [2.75, 3.05) is 7.11 Å². The zero-order valence-electron chi connectivity index (χ0n) is 33.9. The Labute approximate surface area is 313 Å². The lowest BCUT2D eigenvalue weighted by Crippen LogP contribution is -2.63. The number of nitrogens with one attached hydrogen (secondary N) is 1. The Kier molecular flexibility index (Phi) is 17.6. The van der Waals surface area contributed by atoms with Crippen LogP contribution < -0.4 is 5.32 Å². The summed E-state index contributed by atoms with van der Waals surface area (Å²) in [6.07, 6.45) is 30.7. The molecule has 3 N–H and O–H groups in total. The molecule has 6 heteroatoms. The molecule has 0 unspecified atom stereocenters. The van der Waals surface area contributed by atoms with Crippen LogP contribution in [0.15, 0.2) is 0 Å². The van der Waals surface area contributed by atoms with Crippen LogP contribution in [0.4, 0.5) is 0 Å². The van der Waals surface area contributed by atoms with E-state index in [0.717, 1.165) is 64.2 Å². The predicted molar refractivity (Wildman–Crippen MR) is 209 cm³/mol. The molecule has 11 atom stereocenters. The largest absolute Gasteiger partial charge is 0.469 e. The molecule has 0 spiro atoms. The van der Waals surface area contributed by atoms with Gasteiger partial charge in [0.25, 0.3) is 0 Å². The molecule has 6 nitrogen and oxygen atoms in total. The lowest BCUT2D eigenvalue weighted by Gasteiger charge is -2.63. The Bertz CT molecular complexity index is 1030. The van der Waals surface area contributed by atoms with E-state index in [1.807, 2.05) is 0 Å². The molecule has 0 bridgehead atoms. The number of amides is 1. The summed E-state index contributed by atoms with van der Waals surface area (Å²) < 4.78 is 4.91. The molecule has 4 aliphatic rings. The number of rotatable bonds is 23. The lowest BCUT2D eigenvalue weighted by atomic mass is 9.43. The molecular weight excluding hydrogens is 634 g/mol. The van der Waals surface area contributed by atoms with Crippen molar-refractivity contribution in [1.29, 1.82) is 0 Å². The second kappa shape index (κ2) is 21.1. The minimum absolute atomic E-state index is 0.0928. The Morgan fingerprint density at radius 2 is 1.31 bits per heavy atom. The summed E-state index contributed by atoms with van der Waals surface area (Å²) >= 11 is 0. The summed E-state index contributed by atoms with van der Waals surface area (Å²) in [6, 6.07) is 0.204. The first-order valence-electron chi connectivity index (χ1n) is 22.3. The number of ether oxygens (including phenoxy) is 1. The zero-order valence-corrected chi connectivity index (χ0v) is 33.9. The standard InChI is InChI=1S/C45H81NO5/c1-6-7-8-9-10-11-12-13-14-15-16-17-18-19-20-21-22-23-41(49)46-35-28-29-44(3)34(30-35)31-39(47)43-37-26-25-36(33(2)24-27-42(50)51-5)45(37,4)40(48)32-38(43)44/h33-40,43,47-48H,6-32H2,1-5H3,(H,46,49)/t33-,34-,35+,36-,37+,38+,39-,40+,43+,44+,45-/m1/s1. The maximum Gasteiger partial charge on any atom is 0.305 e. The van der Waals surface area contributed by atoms with Crippen molar-refractivity contribution in [3.8, 4) is 0 Å². The van der Waals surface area contributed by atoms with Gasteiger partial charge >= 0.3 is 5.97 Å². The van der Waals surface area contributed by atoms with Crippen LogP contribution >= 0.6 is 0 Å². The lowest BCUT2D eigenvalue weighted by molar-refractivity contribution is -0.202. The second-order valence-corrected chi connectivity index (χ2v) is 18.6. The quantitative estimate of drug-likeness (QED) is 0.0723. The van der Waals surface area contributed by atoms with Crippen LogP contribution in [-0.2, 0) is 14.3 Å². The topological polar surface area (TPSA) is 95.9 Å². The van der Waals surface area contributed by atoms with Gasteiger partial charge in [-0.15, -0.1) is 0 Å². The van der Waals surface area contributed by atoms with Crippen LogP contribution in [0.2, 0.25) is 0 Å². The molecule has 4 rings (SSSR count). The van der Waals surface area contributed by atoms with Gasteiger partial charge in [0.2, 0.25) is 5.91 Å². The molecule has 4 aliphatic carbocycles. The molecule has 51 heavy (non-hydrogen) atoms. The average molecular weight is 716 g/mol. The van der Waals surface area contributed by atoms with E-state index in [1.54, 1.807) is 0 Å². The molecule has 0 aromatic rings. The van der Waals surface area contributed by atoms with Crippen molar-refractivity contribution >= 4 is 11.9 Å². The molecule has 296 valence electrons. The smallest absolute Gasteiger partial charge is 0.305 e. The van der Waals surface area contributed by atoms with Gasteiger partial charge in [-0.1, -0.05) is 130 Å². The summed E-state index contributed by atoms with van der Waals surface area (Å²) in [5, 5.41) is 27.1. The van der Waals surface area contributed by atoms with E-state index in [4.69, 9.17) is 4.74 Å². The van der Waals surface area contributed by atoms with E-state index in [-0.39, 0.29) is 46.9 Å². The molecule has 0 aliphatic heterocycles. The summed E-state index contributed by atoms with van der Waals surface area (Å²) in [4.78, 5) is 24.8. The molecule has 1 amide bonds. The van der Waals surface area contributed by atoms with Crippen LogP contribution in [0.5, 0.6) is 0 Å². The number of esters is 1. The SMILES string of the molecule is CCCCCCCCCCCCCCCCCCCC(=O)N[C@H]1CC[C@@]2(C)[C@H](C1)C[C@@H](O)[C@@H]1[C@@H]2C[C@H](O)[C@]2(C)[C@@H]([C@H](C)CCC(=O)OC)CC[C@@H]12. The van der Waals surface area contributed by atoms with Crippen molar-refractivity contribution in [1.82, 2.24) is 5.32 Å². The number of hydrogen-bond donors (Lipinski definition) is 3. The summed E-state index contributed by atoms with van der Waals surface area (Å²) in [6.45, 7) is 9.26. The van der Waals surface area contributed by atoms with Crippen LogP contribution in [0.25, 0.3) is 0 Å². The van der Waals surface area contributed by atoms with Crippen molar-refractivity contribution < 1.29 is 24.5 Å². The van der Waals surface area contributed by atoms with Gasteiger partial charge in [0.05, 0.1) is 19.3 Å². The number of hydrogen-bond acceptors (Lipinski definition) is 5. The zero-order chi connectivity index (χ0) is 36.9. The predicted octanol–water partition coefficient (Wildman–Crippen LogP) is 10.7. The van der Waals surface area contributed by atoms with E-state index in [0.29, 0.717) is 42.4 Å². The first-order valence-corrected chi connectivity index (χ1v) is 22.3. The maximum atomic E-state index is 13.0. The van der Waals surface area contributed by atoms with E-state index in [9.17, 15) is 19.8 Å². The van der Waals surface area contributed by atoms with Gasteiger partial charge < -0.3 is 20.3 Å². The highest BCUT2D eigenvalue weighted by molar-refractivity contribution is 5.76.